The van der Waals surface area contributed by atoms with Crippen LogP contribution in [0.3, 0.4) is 0 Å². The summed E-state index contributed by atoms with van der Waals surface area (Å²) in [4.78, 5) is 12.0. The van der Waals surface area contributed by atoms with Crippen LogP contribution >= 0.6 is 0 Å². The van der Waals surface area contributed by atoms with Crippen LogP contribution < -0.4 is 10.5 Å². The van der Waals surface area contributed by atoms with Crippen molar-refractivity contribution in [2.45, 2.75) is 52.0 Å². The number of aromatic nitrogens is 2. The van der Waals surface area contributed by atoms with Gasteiger partial charge < -0.3 is 5.32 Å². The molecule has 0 aliphatic carbocycles. The number of primary sulfonamides is 1. The van der Waals surface area contributed by atoms with Gasteiger partial charge in [-0.1, -0.05) is 27.7 Å². The number of H-pyrrole nitrogens is 1. The third kappa shape index (κ3) is 3.57. The maximum absolute atomic E-state index is 12.2. The van der Waals surface area contributed by atoms with E-state index in [4.69, 9.17) is 5.14 Å². The zero-order chi connectivity index (χ0) is 15.7. The fourth-order valence-electron chi connectivity index (χ4n) is 1.55. The first kappa shape index (κ1) is 16.6. The standard InChI is InChI=1S/C12H22N4O3S/c1-6-8-10(20(13,18)19)9(16-15-8)11(17)14-7(2)12(3,4)5/h7H,6H2,1-5H3,(H,14,17)(H,15,16)(H2,13,18,19). The fraction of sp³-hybridized carbons (Fsp3) is 0.667. The highest BCUT2D eigenvalue weighted by Crippen LogP contribution is 2.21. The SMILES string of the molecule is CCc1[nH]nc(C(=O)NC(C)C(C)(C)C)c1S(N)(=O)=O. The van der Waals surface area contributed by atoms with Gasteiger partial charge in [0.15, 0.2) is 5.69 Å². The van der Waals surface area contributed by atoms with Crippen LogP contribution in [-0.4, -0.2) is 30.6 Å². The molecule has 1 amide bonds. The first-order valence-corrected chi connectivity index (χ1v) is 7.94. The summed E-state index contributed by atoms with van der Waals surface area (Å²) in [5.74, 6) is -0.549. The molecule has 0 saturated carbocycles. The Labute approximate surface area is 119 Å². The number of aromatic amines is 1. The minimum Gasteiger partial charge on any atom is -0.348 e. The monoisotopic (exact) mass is 302 g/mol. The van der Waals surface area contributed by atoms with E-state index in [1.54, 1.807) is 6.92 Å². The van der Waals surface area contributed by atoms with E-state index in [1.807, 2.05) is 27.7 Å². The van der Waals surface area contributed by atoms with Crippen molar-refractivity contribution in [3.05, 3.63) is 11.4 Å². The molecule has 1 unspecified atom stereocenters. The number of nitrogens with zero attached hydrogens (tertiary/aromatic N) is 1. The second kappa shape index (κ2) is 5.53. The molecule has 1 rings (SSSR count). The Morgan fingerprint density at radius 1 is 1.45 bits per heavy atom. The Bertz CT molecular complexity index is 599. The minimum absolute atomic E-state index is 0.148. The minimum atomic E-state index is -4.00. The predicted octanol–water partition coefficient (Wildman–Crippen LogP) is 0.784. The lowest BCUT2D eigenvalue weighted by molar-refractivity contribution is 0.0901. The number of rotatable bonds is 4. The maximum Gasteiger partial charge on any atom is 0.273 e. The summed E-state index contributed by atoms with van der Waals surface area (Å²) < 4.78 is 23.2. The van der Waals surface area contributed by atoms with E-state index in [-0.39, 0.29) is 22.0 Å². The lowest BCUT2D eigenvalue weighted by Gasteiger charge is -2.27. The third-order valence-corrected chi connectivity index (χ3v) is 4.30. The number of hydrogen-bond acceptors (Lipinski definition) is 4. The molecular weight excluding hydrogens is 280 g/mol. The van der Waals surface area contributed by atoms with Crippen molar-refractivity contribution < 1.29 is 13.2 Å². The predicted molar refractivity (Wildman–Crippen MR) is 75.7 cm³/mol. The fourth-order valence-corrected chi connectivity index (χ4v) is 2.49. The van der Waals surface area contributed by atoms with Crippen molar-refractivity contribution in [3.63, 3.8) is 0 Å². The van der Waals surface area contributed by atoms with E-state index in [2.05, 4.69) is 15.5 Å². The van der Waals surface area contributed by atoms with Crippen LogP contribution in [0.4, 0.5) is 0 Å². The second-order valence-corrected chi connectivity index (χ2v) is 7.34. The molecule has 0 fully saturated rings. The van der Waals surface area contributed by atoms with Gasteiger partial charge in [0.2, 0.25) is 10.0 Å². The van der Waals surface area contributed by atoms with Crippen molar-refractivity contribution in [2.24, 2.45) is 10.6 Å². The van der Waals surface area contributed by atoms with E-state index in [1.165, 1.54) is 0 Å². The molecule has 0 saturated heterocycles. The number of amides is 1. The number of sulfonamides is 1. The van der Waals surface area contributed by atoms with Crippen molar-refractivity contribution >= 4 is 15.9 Å². The van der Waals surface area contributed by atoms with Gasteiger partial charge in [-0.05, 0) is 18.8 Å². The van der Waals surface area contributed by atoms with Gasteiger partial charge in [0, 0.05) is 6.04 Å². The number of nitrogens with one attached hydrogen (secondary N) is 2. The molecule has 1 aromatic rings. The molecule has 114 valence electrons. The van der Waals surface area contributed by atoms with E-state index in [0.717, 1.165) is 0 Å². The Hall–Kier alpha value is -1.41. The van der Waals surface area contributed by atoms with Gasteiger partial charge in [-0.15, -0.1) is 0 Å². The van der Waals surface area contributed by atoms with Crippen molar-refractivity contribution in [3.8, 4) is 0 Å². The van der Waals surface area contributed by atoms with Gasteiger partial charge in [0.05, 0.1) is 5.69 Å². The van der Waals surface area contributed by atoms with Gasteiger partial charge in [0.25, 0.3) is 5.91 Å². The van der Waals surface area contributed by atoms with Crippen LogP contribution in [0, 0.1) is 5.41 Å². The molecule has 1 atom stereocenters. The highest BCUT2D eigenvalue weighted by atomic mass is 32.2. The molecule has 8 heteroatoms. The lowest BCUT2D eigenvalue weighted by atomic mass is 9.88. The molecule has 0 aliphatic heterocycles. The van der Waals surface area contributed by atoms with Crippen LogP contribution in [0.25, 0.3) is 0 Å². The molecule has 4 N–H and O–H groups in total. The van der Waals surface area contributed by atoms with Gasteiger partial charge in [-0.3, -0.25) is 9.89 Å². The summed E-state index contributed by atoms with van der Waals surface area (Å²) in [6.07, 6.45) is 0.390. The molecule has 0 radical (unpaired) electrons. The van der Waals surface area contributed by atoms with Crippen molar-refractivity contribution in [1.29, 1.82) is 0 Å². The summed E-state index contributed by atoms with van der Waals surface area (Å²) in [6, 6.07) is -0.148. The lowest BCUT2D eigenvalue weighted by Crippen LogP contribution is -2.42. The highest BCUT2D eigenvalue weighted by molar-refractivity contribution is 7.89. The van der Waals surface area contributed by atoms with Gasteiger partial charge in [-0.2, -0.15) is 5.10 Å². The highest BCUT2D eigenvalue weighted by Gasteiger charge is 2.29. The average Bonchev–Trinajstić information content (AvgIpc) is 2.70. The van der Waals surface area contributed by atoms with Gasteiger partial charge >= 0.3 is 0 Å². The number of carbonyl (C=O) groups is 1. The number of aryl methyl sites for hydroxylation is 1. The maximum atomic E-state index is 12.2. The summed E-state index contributed by atoms with van der Waals surface area (Å²) in [5.41, 5.74) is 0.00270. The topological polar surface area (TPSA) is 118 Å². The van der Waals surface area contributed by atoms with E-state index >= 15 is 0 Å². The molecule has 0 aliphatic rings. The van der Waals surface area contributed by atoms with Crippen LogP contribution in [0.1, 0.15) is 50.8 Å². The zero-order valence-electron chi connectivity index (χ0n) is 12.4. The second-order valence-electron chi connectivity index (χ2n) is 5.84. The zero-order valence-corrected chi connectivity index (χ0v) is 13.3. The molecule has 0 aromatic carbocycles. The van der Waals surface area contributed by atoms with Crippen LogP contribution in [0.15, 0.2) is 4.90 Å². The molecule has 20 heavy (non-hydrogen) atoms. The van der Waals surface area contributed by atoms with E-state index in [9.17, 15) is 13.2 Å². The Kier molecular flexibility index (Phi) is 4.60. The third-order valence-electron chi connectivity index (χ3n) is 3.29. The normalized spacial score (nSPS) is 14.1. The summed E-state index contributed by atoms with van der Waals surface area (Å²) in [5, 5.41) is 14.3. The van der Waals surface area contributed by atoms with Crippen LogP contribution in [-0.2, 0) is 16.4 Å². The first-order valence-electron chi connectivity index (χ1n) is 6.39. The van der Waals surface area contributed by atoms with Gasteiger partial charge in [-0.25, -0.2) is 13.6 Å². The summed E-state index contributed by atoms with van der Waals surface area (Å²) >= 11 is 0. The Balaban J connectivity index is 3.16. The summed E-state index contributed by atoms with van der Waals surface area (Å²) in [6.45, 7) is 9.52. The summed E-state index contributed by atoms with van der Waals surface area (Å²) in [7, 11) is -4.00. The largest absolute Gasteiger partial charge is 0.348 e. The number of carbonyl (C=O) groups excluding carboxylic acids is 1. The average molecular weight is 302 g/mol. The molecule has 0 bridgehead atoms. The number of nitrogens with two attached hydrogens (primary N) is 1. The van der Waals surface area contributed by atoms with Gasteiger partial charge in [0.1, 0.15) is 4.90 Å². The van der Waals surface area contributed by atoms with Crippen molar-refractivity contribution in [2.75, 3.05) is 0 Å². The first-order chi connectivity index (χ1) is 8.98. The quantitative estimate of drug-likeness (QED) is 0.761. The molecule has 1 heterocycles. The number of hydrogen-bond donors (Lipinski definition) is 3. The smallest absolute Gasteiger partial charge is 0.273 e. The molecular formula is C12H22N4O3S. The van der Waals surface area contributed by atoms with Crippen LogP contribution in [0.2, 0.25) is 0 Å². The van der Waals surface area contributed by atoms with Crippen LogP contribution in [0.5, 0.6) is 0 Å². The Morgan fingerprint density at radius 3 is 2.40 bits per heavy atom. The van der Waals surface area contributed by atoms with E-state index < -0.39 is 15.9 Å². The molecule has 0 spiro atoms. The van der Waals surface area contributed by atoms with Crippen molar-refractivity contribution in [1.82, 2.24) is 15.5 Å². The Morgan fingerprint density at radius 2 is 2.00 bits per heavy atom. The van der Waals surface area contributed by atoms with E-state index in [0.29, 0.717) is 12.1 Å². The molecule has 7 nitrogen and oxygen atoms in total. The molecule has 1 aromatic heterocycles.